The highest BCUT2D eigenvalue weighted by Gasteiger charge is 2.11. The highest BCUT2D eigenvalue weighted by Crippen LogP contribution is 2.08. The van der Waals surface area contributed by atoms with Crippen molar-refractivity contribution in [3.63, 3.8) is 0 Å². The third kappa shape index (κ3) is 6.61. The molecule has 0 saturated carbocycles. The zero-order chi connectivity index (χ0) is 19.6. The first kappa shape index (κ1) is 20.2. The van der Waals surface area contributed by atoms with E-state index in [0.29, 0.717) is 22.8 Å². The van der Waals surface area contributed by atoms with Crippen LogP contribution in [-0.4, -0.2) is 29.2 Å². The Morgan fingerprint density at radius 1 is 0.963 bits per heavy atom. The third-order valence-corrected chi connectivity index (χ3v) is 3.49. The van der Waals surface area contributed by atoms with Crippen molar-refractivity contribution in [2.45, 2.75) is 19.9 Å². The normalized spacial score (nSPS) is 10.5. The highest BCUT2D eigenvalue weighted by molar-refractivity contribution is 5.57. The predicted molar refractivity (Wildman–Crippen MR) is 104 cm³/mol. The first-order valence-corrected chi connectivity index (χ1v) is 8.33. The molecule has 0 aliphatic heterocycles. The van der Waals surface area contributed by atoms with E-state index in [9.17, 15) is 4.91 Å². The molecule has 2 heterocycles. The zero-order valence-electron chi connectivity index (χ0n) is 15.4. The lowest BCUT2D eigenvalue weighted by Gasteiger charge is -2.14. The summed E-state index contributed by atoms with van der Waals surface area (Å²) in [7, 11) is 0. The fourth-order valence-corrected chi connectivity index (χ4v) is 2.09. The number of hydrogen-bond acceptors (Lipinski definition) is 8. The van der Waals surface area contributed by atoms with Gasteiger partial charge in [0.1, 0.15) is 19.3 Å². The number of aryl methyl sites for hydroxylation is 2. The van der Waals surface area contributed by atoms with Gasteiger partial charge in [0.25, 0.3) is 0 Å². The number of nitrogens with zero attached hydrogens (tertiary/aromatic N) is 3. The Morgan fingerprint density at radius 2 is 1.41 bits per heavy atom. The van der Waals surface area contributed by atoms with Crippen LogP contribution in [0.4, 0.5) is 0 Å². The van der Waals surface area contributed by atoms with Gasteiger partial charge in [-0.25, -0.2) is 0 Å². The molecule has 2 rings (SSSR count). The SMILES string of the molecule is C=C(NOCC(CONC(=C)c1cccc(C)n1)N=O)c1cccc(C)n1. The summed E-state index contributed by atoms with van der Waals surface area (Å²) in [5.74, 6) is 0. The second-order valence-corrected chi connectivity index (χ2v) is 5.87. The smallest absolute Gasteiger partial charge is 0.143 e. The molecule has 0 amide bonds. The van der Waals surface area contributed by atoms with Crippen LogP contribution in [0.25, 0.3) is 11.4 Å². The molecule has 0 atom stereocenters. The Labute approximate surface area is 158 Å². The van der Waals surface area contributed by atoms with E-state index in [-0.39, 0.29) is 13.2 Å². The fourth-order valence-electron chi connectivity index (χ4n) is 2.09. The average molecular weight is 369 g/mol. The number of nitroso groups, excluding NO2 is 1. The maximum absolute atomic E-state index is 11.0. The van der Waals surface area contributed by atoms with Crippen LogP contribution in [0, 0.1) is 18.8 Å². The molecular weight excluding hydrogens is 346 g/mol. The van der Waals surface area contributed by atoms with Gasteiger partial charge in [-0.1, -0.05) is 30.5 Å². The summed E-state index contributed by atoms with van der Waals surface area (Å²) in [6.07, 6.45) is 0. The maximum Gasteiger partial charge on any atom is 0.143 e. The second kappa shape index (κ2) is 10.1. The summed E-state index contributed by atoms with van der Waals surface area (Å²) in [5.41, 5.74) is 9.35. The van der Waals surface area contributed by atoms with Gasteiger partial charge in [0.15, 0.2) is 0 Å². The largest absolute Gasteiger partial charge is 0.274 e. The Hall–Kier alpha value is -3.10. The van der Waals surface area contributed by atoms with Gasteiger partial charge in [0.2, 0.25) is 0 Å². The van der Waals surface area contributed by atoms with Gasteiger partial charge in [0, 0.05) is 11.4 Å². The Bertz CT molecular complexity index is 746. The zero-order valence-corrected chi connectivity index (χ0v) is 15.4. The van der Waals surface area contributed by atoms with Crippen molar-refractivity contribution < 1.29 is 9.68 Å². The minimum atomic E-state index is -0.721. The number of hydrogen-bond donors (Lipinski definition) is 2. The predicted octanol–water partition coefficient (Wildman–Crippen LogP) is 2.91. The number of aromatic nitrogens is 2. The molecule has 0 aliphatic carbocycles. The molecule has 2 aromatic rings. The van der Waals surface area contributed by atoms with Crippen LogP contribution in [-0.2, 0) is 9.68 Å². The van der Waals surface area contributed by atoms with Crippen molar-refractivity contribution >= 4 is 11.4 Å². The molecule has 8 nitrogen and oxygen atoms in total. The van der Waals surface area contributed by atoms with E-state index in [1.54, 1.807) is 12.1 Å². The quantitative estimate of drug-likeness (QED) is 0.464. The molecule has 0 aliphatic rings. The first-order valence-electron chi connectivity index (χ1n) is 8.33. The van der Waals surface area contributed by atoms with Crippen molar-refractivity contribution in [2.75, 3.05) is 13.2 Å². The molecule has 27 heavy (non-hydrogen) atoms. The summed E-state index contributed by atoms with van der Waals surface area (Å²) < 4.78 is 0. The van der Waals surface area contributed by atoms with E-state index >= 15 is 0 Å². The molecule has 0 bridgehead atoms. The average Bonchev–Trinajstić information content (AvgIpc) is 2.66. The summed E-state index contributed by atoms with van der Waals surface area (Å²) in [5, 5.41) is 2.98. The van der Waals surface area contributed by atoms with Gasteiger partial charge in [-0.05, 0) is 38.1 Å². The molecule has 142 valence electrons. The van der Waals surface area contributed by atoms with E-state index in [1.807, 2.05) is 38.1 Å². The van der Waals surface area contributed by atoms with Gasteiger partial charge >= 0.3 is 0 Å². The minimum Gasteiger partial charge on any atom is -0.274 e. The number of pyridine rings is 2. The van der Waals surface area contributed by atoms with Crippen molar-refractivity contribution in [3.8, 4) is 0 Å². The first-order chi connectivity index (χ1) is 13.0. The van der Waals surface area contributed by atoms with E-state index in [1.165, 1.54) is 0 Å². The summed E-state index contributed by atoms with van der Waals surface area (Å²) in [6, 6.07) is 10.4. The number of rotatable bonds is 11. The Morgan fingerprint density at radius 3 is 1.78 bits per heavy atom. The van der Waals surface area contributed by atoms with Crippen LogP contribution in [0.1, 0.15) is 22.8 Å². The highest BCUT2D eigenvalue weighted by atomic mass is 16.7. The van der Waals surface area contributed by atoms with Crippen molar-refractivity contribution in [2.24, 2.45) is 5.18 Å². The molecule has 0 aromatic carbocycles. The molecule has 2 aromatic heterocycles. The molecule has 0 fully saturated rings. The molecule has 8 heteroatoms. The van der Waals surface area contributed by atoms with Crippen molar-refractivity contribution in [1.82, 2.24) is 20.9 Å². The van der Waals surface area contributed by atoms with Crippen LogP contribution in [0.3, 0.4) is 0 Å². The fraction of sp³-hybridized carbons (Fsp3) is 0.263. The summed E-state index contributed by atoms with van der Waals surface area (Å²) in [4.78, 5) is 30.1. The Balaban J connectivity index is 1.71. The molecular formula is C19H23N5O3. The molecule has 0 radical (unpaired) electrons. The molecule has 0 unspecified atom stereocenters. The molecule has 0 saturated heterocycles. The Kier molecular flexibility index (Phi) is 7.60. The van der Waals surface area contributed by atoms with E-state index < -0.39 is 6.04 Å². The molecule has 0 spiro atoms. The topological polar surface area (TPSA) is 97.7 Å². The van der Waals surface area contributed by atoms with E-state index in [0.717, 1.165) is 11.4 Å². The van der Waals surface area contributed by atoms with E-state index in [4.69, 9.17) is 9.68 Å². The van der Waals surface area contributed by atoms with Crippen LogP contribution in [0.15, 0.2) is 54.7 Å². The van der Waals surface area contributed by atoms with E-state index in [2.05, 4.69) is 39.3 Å². The van der Waals surface area contributed by atoms with Gasteiger partial charge in [0.05, 0.1) is 22.8 Å². The minimum absolute atomic E-state index is 0.00515. The van der Waals surface area contributed by atoms with Gasteiger partial charge < -0.3 is 0 Å². The molecule has 2 N–H and O–H groups in total. The monoisotopic (exact) mass is 369 g/mol. The lowest BCUT2D eigenvalue weighted by atomic mass is 10.3. The standard InChI is InChI=1S/C19H23N5O3/c1-13-7-5-9-18(20-13)15(3)23-26-11-17(22-25)12-27-24-16(4)19-10-6-8-14(2)21-19/h5-10,17,23-24H,3-4,11-12H2,1-2H3. The van der Waals surface area contributed by atoms with Crippen molar-refractivity contribution in [1.29, 1.82) is 0 Å². The third-order valence-electron chi connectivity index (χ3n) is 3.49. The maximum atomic E-state index is 11.0. The summed E-state index contributed by atoms with van der Waals surface area (Å²) >= 11 is 0. The number of hydroxylamine groups is 2. The lowest BCUT2D eigenvalue weighted by Crippen LogP contribution is -2.27. The van der Waals surface area contributed by atoms with Gasteiger partial charge in [-0.3, -0.25) is 30.6 Å². The lowest BCUT2D eigenvalue weighted by molar-refractivity contribution is 0.0182. The second-order valence-electron chi connectivity index (χ2n) is 5.87. The van der Waals surface area contributed by atoms with Crippen LogP contribution in [0.5, 0.6) is 0 Å². The van der Waals surface area contributed by atoms with Crippen LogP contribution in [0.2, 0.25) is 0 Å². The number of nitrogens with one attached hydrogen (secondary N) is 2. The van der Waals surface area contributed by atoms with Crippen LogP contribution < -0.4 is 11.0 Å². The van der Waals surface area contributed by atoms with Crippen LogP contribution >= 0.6 is 0 Å². The van der Waals surface area contributed by atoms with Gasteiger partial charge in [-0.2, -0.15) is 4.91 Å². The van der Waals surface area contributed by atoms with Crippen molar-refractivity contribution in [3.05, 3.63) is 77.2 Å². The summed E-state index contributed by atoms with van der Waals surface area (Å²) in [6.45, 7) is 11.5. The van der Waals surface area contributed by atoms with Gasteiger partial charge in [-0.15, -0.1) is 0 Å².